The summed E-state index contributed by atoms with van der Waals surface area (Å²) in [6.45, 7) is 10.8. The molecule has 5 heteroatoms. The van der Waals surface area contributed by atoms with E-state index >= 15 is 0 Å². The van der Waals surface area contributed by atoms with Crippen LogP contribution in [-0.2, 0) is 18.9 Å². The summed E-state index contributed by atoms with van der Waals surface area (Å²) in [6.07, 6.45) is 2.47. The van der Waals surface area contributed by atoms with Crippen LogP contribution in [0.25, 0.3) is 0 Å². The molecule has 0 radical (unpaired) electrons. The van der Waals surface area contributed by atoms with Crippen molar-refractivity contribution in [1.29, 1.82) is 0 Å². The van der Waals surface area contributed by atoms with Crippen molar-refractivity contribution >= 4 is 0 Å². The molecule has 0 spiro atoms. The van der Waals surface area contributed by atoms with Crippen molar-refractivity contribution in [1.82, 2.24) is 5.32 Å². The number of hydrogen-bond donors (Lipinski definition) is 1. The van der Waals surface area contributed by atoms with E-state index in [0.717, 1.165) is 26.0 Å². The molecule has 0 aliphatic heterocycles. The average Bonchev–Trinajstić information content (AvgIpc) is 2.44. The van der Waals surface area contributed by atoms with Gasteiger partial charge in [-0.1, -0.05) is 20.8 Å². The Kier molecular flexibility index (Phi) is 10.2. The Labute approximate surface area is 129 Å². The third-order valence-electron chi connectivity index (χ3n) is 3.51. The second kappa shape index (κ2) is 11.4. The molecule has 1 aliphatic carbocycles. The topological polar surface area (TPSA) is 49.0 Å². The highest BCUT2D eigenvalue weighted by Gasteiger charge is 2.42. The third-order valence-corrected chi connectivity index (χ3v) is 3.51. The zero-order chi connectivity index (χ0) is 15.5. The molecule has 1 saturated carbocycles. The van der Waals surface area contributed by atoms with Crippen LogP contribution in [0.2, 0.25) is 0 Å². The fourth-order valence-electron chi connectivity index (χ4n) is 2.34. The highest BCUT2D eigenvalue weighted by atomic mass is 16.6. The van der Waals surface area contributed by atoms with Crippen LogP contribution < -0.4 is 5.32 Å². The van der Waals surface area contributed by atoms with Gasteiger partial charge in [0, 0.05) is 19.8 Å². The number of rotatable bonds is 13. The SMILES string of the molecule is CCCNC1CC(OCCOCC(C)C)C1OCCOC. The molecule has 0 aromatic carbocycles. The summed E-state index contributed by atoms with van der Waals surface area (Å²) in [7, 11) is 1.69. The Hall–Kier alpha value is -0.200. The van der Waals surface area contributed by atoms with E-state index in [1.54, 1.807) is 7.11 Å². The first-order valence-electron chi connectivity index (χ1n) is 8.22. The van der Waals surface area contributed by atoms with Crippen molar-refractivity contribution in [3.05, 3.63) is 0 Å². The van der Waals surface area contributed by atoms with E-state index in [9.17, 15) is 0 Å². The fraction of sp³-hybridized carbons (Fsp3) is 1.00. The predicted molar refractivity (Wildman–Crippen MR) is 83.7 cm³/mol. The lowest BCUT2D eigenvalue weighted by Crippen LogP contribution is -2.60. The van der Waals surface area contributed by atoms with E-state index in [2.05, 4.69) is 26.1 Å². The molecular formula is C16H33NO4. The molecule has 1 fully saturated rings. The fourth-order valence-corrected chi connectivity index (χ4v) is 2.34. The molecule has 0 heterocycles. The van der Waals surface area contributed by atoms with Crippen molar-refractivity contribution in [2.75, 3.05) is 46.7 Å². The zero-order valence-corrected chi connectivity index (χ0v) is 14.1. The standard InChI is InChI=1S/C16H33NO4/c1-5-6-17-14-11-15(16(14)21-9-7-18-4)20-10-8-19-12-13(2)3/h13-17H,5-12H2,1-4H3. The molecule has 0 amide bonds. The average molecular weight is 303 g/mol. The van der Waals surface area contributed by atoms with Crippen molar-refractivity contribution in [2.24, 2.45) is 5.92 Å². The summed E-state index contributed by atoms with van der Waals surface area (Å²) in [5.74, 6) is 0.571. The van der Waals surface area contributed by atoms with Gasteiger partial charge in [-0.25, -0.2) is 0 Å². The van der Waals surface area contributed by atoms with E-state index in [4.69, 9.17) is 18.9 Å². The van der Waals surface area contributed by atoms with Crippen LogP contribution in [0, 0.1) is 5.92 Å². The van der Waals surface area contributed by atoms with Gasteiger partial charge in [-0.3, -0.25) is 0 Å². The second-order valence-corrected chi connectivity index (χ2v) is 6.00. The zero-order valence-electron chi connectivity index (χ0n) is 14.1. The highest BCUT2D eigenvalue weighted by molar-refractivity contribution is 4.97. The third kappa shape index (κ3) is 7.56. The monoisotopic (exact) mass is 303 g/mol. The van der Waals surface area contributed by atoms with Crippen LogP contribution in [0.1, 0.15) is 33.6 Å². The summed E-state index contributed by atoms with van der Waals surface area (Å²) in [4.78, 5) is 0. The minimum absolute atomic E-state index is 0.136. The molecule has 3 unspecified atom stereocenters. The van der Waals surface area contributed by atoms with Crippen LogP contribution in [0.3, 0.4) is 0 Å². The second-order valence-electron chi connectivity index (χ2n) is 6.00. The summed E-state index contributed by atoms with van der Waals surface area (Å²) < 4.78 is 22.3. The minimum Gasteiger partial charge on any atom is -0.382 e. The van der Waals surface area contributed by atoms with E-state index in [-0.39, 0.29) is 12.2 Å². The molecule has 1 aliphatic rings. The summed E-state index contributed by atoms with van der Waals surface area (Å²) in [5, 5.41) is 3.52. The largest absolute Gasteiger partial charge is 0.382 e. The number of nitrogens with one attached hydrogen (secondary N) is 1. The van der Waals surface area contributed by atoms with Crippen molar-refractivity contribution in [2.45, 2.75) is 51.9 Å². The van der Waals surface area contributed by atoms with Crippen molar-refractivity contribution in [3.63, 3.8) is 0 Å². The maximum atomic E-state index is 5.88. The van der Waals surface area contributed by atoms with Gasteiger partial charge in [-0.15, -0.1) is 0 Å². The normalized spacial score (nSPS) is 25.3. The first-order valence-corrected chi connectivity index (χ1v) is 8.22. The molecular weight excluding hydrogens is 270 g/mol. The number of methoxy groups -OCH3 is 1. The highest BCUT2D eigenvalue weighted by Crippen LogP contribution is 2.27. The Balaban J connectivity index is 2.18. The van der Waals surface area contributed by atoms with Crippen molar-refractivity contribution in [3.8, 4) is 0 Å². The molecule has 3 atom stereocenters. The lowest BCUT2D eigenvalue weighted by Gasteiger charge is -2.44. The van der Waals surface area contributed by atoms with Crippen molar-refractivity contribution < 1.29 is 18.9 Å². The molecule has 5 nitrogen and oxygen atoms in total. The predicted octanol–water partition coefficient (Wildman–Crippen LogP) is 1.85. The van der Waals surface area contributed by atoms with E-state index < -0.39 is 0 Å². The van der Waals surface area contributed by atoms with E-state index in [1.165, 1.54) is 0 Å². The van der Waals surface area contributed by atoms with Gasteiger partial charge in [0.05, 0.1) is 38.6 Å². The van der Waals surface area contributed by atoms with Crippen LogP contribution in [0.4, 0.5) is 0 Å². The van der Waals surface area contributed by atoms with Gasteiger partial charge >= 0.3 is 0 Å². The lowest BCUT2D eigenvalue weighted by atomic mass is 9.85. The maximum absolute atomic E-state index is 5.88. The van der Waals surface area contributed by atoms with Gasteiger partial charge in [-0.2, -0.15) is 0 Å². The number of hydrogen-bond acceptors (Lipinski definition) is 5. The van der Waals surface area contributed by atoms with Gasteiger partial charge in [-0.05, 0) is 25.3 Å². The Morgan fingerprint density at radius 3 is 2.52 bits per heavy atom. The quantitative estimate of drug-likeness (QED) is 0.526. The Morgan fingerprint density at radius 2 is 1.86 bits per heavy atom. The first-order chi connectivity index (χ1) is 10.2. The van der Waals surface area contributed by atoms with Gasteiger partial charge in [0.1, 0.15) is 0 Å². The van der Waals surface area contributed by atoms with Crippen LogP contribution in [0.15, 0.2) is 0 Å². The van der Waals surface area contributed by atoms with Gasteiger partial charge in [0.15, 0.2) is 0 Å². The molecule has 1 N–H and O–H groups in total. The molecule has 21 heavy (non-hydrogen) atoms. The van der Waals surface area contributed by atoms with Crippen LogP contribution >= 0.6 is 0 Å². The lowest BCUT2D eigenvalue weighted by molar-refractivity contribution is -0.157. The molecule has 0 saturated heterocycles. The van der Waals surface area contributed by atoms with Crippen LogP contribution in [-0.4, -0.2) is 64.9 Å². The first kappa shape index (κ1) is 18.8. The Bertz CT molecular complexity index is 250. The Morgan fingerprint density at radius 1 is 1.10 bits per heavy atom. The van der Waals surface area contributed by atoms with Gasteiger partial charge < -0.3 is 24.3 Å². The smallest absolute Gasteiger partial charge is 0.0991 e. The minimum atomic E-state index is 0.136. The number of ether oxygens (including phenoxy) is 4. The summed E-state index contributed by atoms with van der Waals surface area (Å²) >= 11 is 0. The molecule has 126 valence electrons. The van der Waals surface area contributed by atoms with Gasteiger partial charge in [0.25, 0.3) is 0 Å². The summed E-state index contributed by atoms with van der Waals surface area (Å²) in [5.41, 5.74) is 0. The maximum Gasteiger partial charge on any atom is 0.0991 e. The molecule has 1 rings (SSSR count). The molecule has 0 bridgehead atoms. The molecule has 0 aromatic heterocycles. The van der Waals surface area contributed by atoms with Crippen LogP contribution in [0.5, 0.6) is 0 Å². The van der Waals surface area contributed by atoms with E-state index in [0.29, 0.717) is 38.4 Å². The summed E-state index contributed by atoms with van der Waals surface area (Å²) in [6, 6.07) is 0.406. The van der Waals surface area contributed by atoms with E-state index in [1.807, 2.05) is 0 Å². The van der Waals surface area contributed by atoms with Gasteiger partial charge in [0.2, 0.25) is 0 Å². The molecule has 0 aromatic rings.